The van der Waals surface area contributed by atoms with Gasteiger partial charge in [-0.25, -0.2) is 4.79 Å². The number of methoxy groups -OCH3 is 2. The van der Waals surface area contributed by atoms with E-state index in [4.69, 9.17) is 14.2 Å². The molecule has 0 spiro atoms. The van der Waals surface area contributed by atoms with Crippen LogP contribution in [0.5, 0.6) is 17.4 Å². The summed E-state index contributed by atoms with van der Waals surface area (Å²) in [5.41, 5.74) is 4.22. The minimum atomic E-state index is -0.572. The Balaban J connectivity index is 1.91. The van der Waals surface area contributed by atoms with Crippen molar-refractivity contribution in [3.63, 3.8) is 0 Å². The Morgan fingerprint density at radius 2 is 1.78 bits per heavy atom. The molecule has 4 rings (SSSR count). The summed E-state index contributed by atoms with van der Waals surface area (Å²) in [6.45, 7) is 4.37. The van der Waals surface area contributed by atoms with E-state index >= 15 is 0 Å². The van der Waals surface area contributed by atoms with Crippen LogP contribution in [0.3, 0.4) is 0 Å². The molecule has 1 N–H and O–H groups in total. The molecule has 166 valence electrons. The molecule has 1 aromatic heterocycles. The van der Waals surface area contributed by atoms with E-state index in [0.717, 1.165) is 16.7 Å². The Hall–Kier alpha value is -3.81. The summed E-state index contributed by atoms with van der Waals surface area (Å²) in [6.07, 6.45) is 0.641. The number of ether oxygens (including phenoxy) is 3. The Morgan fingerprint density at radius 3 is 2.44 bits per heavy atom. The number of carbonyl (C=O) groups is 1. The predicted molar refractivity (Wildman–Crippen MR) is 120 cm³/mol. The summed E-state index contributed by atoms with van der Waals surface area (Å²) in [4.78, 5) is 13.0. The summed E-state index contributed by atoms with van der Waals surface area (Å²) in [7, 11) is 3.13. The number of esters is 1. The van der Waals surface area contributed by atoms with Gasteiger partial charge in [0, 0.05) is 12.1 Å². The molecular weight excluding hydrogens is 410 g/mol. The fourth-order valence-electron chi connectivity index (χ4n) is 3.88. The minimum absolute atomic E-state index is 0.0849. The molecule has 0 atom stereocenters. The quantitative estimate of drug-likeness (QED) is 0.417. The molecule has 0 bridgehead atoms. The number of rotatable bonds is 6. The normalized spacial score (nSPS) is 12.4. The van der Waals surface area contributed by atoms with Gasteiger partial charge >= 0.3 is 5.97 Å². The smallest absolute Gasteiger partial charge is 0.342 e. The lowest BCUT2D eigenvalue weighted by Gasteiger charge is -2.22. The lowest BCUT2D eigenvalue weighted by atomic mass is 9.95. The SMILES string of the molecule is CCOC(=O)c1c(N=Nc2ccc(C)cc2)c(O)n2c1-c1cc(OC)c(OC)cc1CC2. The van der Waals surface area contributed by atoms with Gasteiger partial charge in [0.2, 0.25) is 5.88 Å². The first-order chi connectivity index (χ1) is 15.5. The number of aromatic nitrogens is 1. The zero-order valence-electron chi connectivity index (χ0n) is 18.5. The number of aryl methyl sites for hydroxylation is 2. The van der Waals surface area contributed by atoms with Crippen LogP contribution >= 0.6 is 0 Å². The molecule has 0 aliphatic carbocycles. The number of carbonyl (C=O) groups excluding carboxylic acids is 1. The van der Waals surface area contributed by atoms with Gasteiger partial charge in [-0.05, 0) is 50.1 Å². The first-order valence-electron chi connectivity index (χ1n) is 10.3. The molecule has 0 fully saturated rings. The van der Waals surface area contributed by atoms with Crippen molar-refractivity contribution in [1.29, 1.82) is 0 Å². The zero-order valence-corrected chi connectivity index (χ0v) is 18.5. The molecule has 0 radical (unpaired) electrons. The number of azo groups is 1. The average molecular weight is 435 g/mol. The van der Waals surface area contributed by atoms with E-state index in [1.54, 1.807) is 25.7 Å². The summed E-state index contributed by atoms with van der Waals surface area (Å²) < 4.78 is 17.9. The second kappa shape index (κ2) is 8.74. The number of benzene rings is 2. The van der Waals surface area contributed by atoms with E-state index in [0.29, 0.717) is 35.8 Å². The summed E-state index contributed by atoms with van der Waals surface area (Å²) in [6, 6.07) is 11.2. The van der Waals surface area contributed by atoms with Gasteiger partial charge < -0.3 is 23.9 Å². The lowest BCUT2D eigenvalue weighted by Crippen LogP contribution is -2.14. The molecule has 8 heteroatoms. The molecule has 0 amide bonds. The molecule has 2 aromatic carbocycles. The molecule has 1 aliphatic heterocycles. The van der Waals surface area contributed by atoms with Crippen LogP contribution in [0.4, 0.5) is 11.4 Å². The highest BCUT2D eigenvalue weighted by Gasteiger charge is 2.33. The second-order valence-electron chi connectivity index (χ2n) is 7.42. The van der Waals surface area contributed by atoms with Gasteiger partial charge in [0.15, 0.2) is 17.2 Å². The number of aromatic hydroxyl groups is 1. The topological polar surface area (TPSA) is 94.6 Å². The maximum Gasteiger partial charge on any atom is 0.342 e. The van der Waals surface area contributed by atoms with Gasteiger partial charge in [0.1, 0.15) is 5.56 Å². The molecule has 0 saturated heterocycles. The molecule has 0 unspecified atom stereocenters. The minimum Gasteiger partial charge on any atom is -0.493 e. The second-order valence-corrected chi connectivity index (χ2v) is 7.42. The van der Waals surface area contributed by atoms with Crippen LogP contribution in [0.1, 0.15) is 28.4 Å². The largest absolute Gasteiger partial charge is 0.493 e. The van der Waals surface area contributed by atoms with Gasteiger partial charge in [-0.1, -0.05) is 17.7 Å². The average Bonchev–Trinajstić information content (AvgIpc) is 3.09. The number of hydrogen-bond acceptors (Lipinski definition) is 7. The van der Waals surface area contributed by atoms with Crippen LogP contribution < -0.4 is 9.47 Å². The van der Waals surface area contributed by atoms with E-state index in [-0.39, 0.29) is 23.7 Å². The Bertz CT molecular complexity index is 1200. The Morgan fingerprint density at radius 1 is 1.09 bits per heavy atom. The molecule has 1 aliphatic rings. The fourth-order valence-corrected chi connectivity index (χ4v) is 3.88. The van der Waals surface area contributed by atoms with Crippen molar-refractivity contribution >= 4 is 17.3 Å². The molecule has 0 saturated carbocycles. The summed E-state index contributed by atoms with van der Waals surface area (Å²) >= 11 is 0. The van der Waals surface area contributed by atoms with Crippen LogP contribution in [0.15, 0.2) is 46.6 Å². The molecule has 2 heterocycles. The third-order valence-corrected chi connectivity index (χ3v) is 5.46. The molecule has 32 heavy (non-hydrogen) atoms. The van der Waals surface area contributed by atoms with E-state index in [9.17, 15) is 9.90 Å². The van der Waals surface area contributed by atoms with Crippen molar-refractivity contribution < 1.29 is 24.1 Å². The van der Waals surface area contributed by atoms with Crippen LogP contribution in [0.2, 0.25) is 0 Å². The van der Waals surface area contributed by atoms with Crippen LogP contribution in [0, 0.1) is 6.92 Å². The van der Waals surface area contributed by atoms with Crippen LogP contribution in [0.25, 0.3) is 11.3 Å². The van der Waals surface area contributed by atoms with Gasteiger partial charge in [0.05, 0.1) is 32.2 Å². The molecular formula is C24H25N3O5. The van der Waals surface area contributed by atoms with E-state index in [2.05, 4.69) is 10.2 Å². The molecule has 8 nitrogen and oxygen atoms in total. The Labute approximate surface area is 186 Å². The maximum absolute atomic E-state index is 13.0. The van der Waals surface area contributed by atoms with Crippen LogP contribution in [-0.4, -0.2) is 36.5 Å². The number of hydrogen-bond donors (Lipinski definition) is 1. The van der Waals surface area contributed by atoms with Crippen molar-refractivity contribution in [2.75, 3.05) is 20.8 Å². The highest BCUT2D eigenvalue weighted by Crippen LogP contribution is 2.48. The Kier molecular flexibility index (Phi) is 5.85. The zero-order chi connectivity index (χ0) is 22.8. The summed E-state index contributed by atoms with van der Waals surface area (Å²) in [5.74, 6) is 0.432. The van der Waals surface area contributed by atoms with E-state index in [1.807, 2.05) is 43.3 Å². The van der Waals surface area contributed by atoms with Crippen molar-refractivity contribution in [3.05, 3.63) is 53.1 Å². The third kappa shape index (κ3) is 3.68. The first kappa shape index (κ1) is 21.4. The molecule has 3 aromatic rings. The van der Waals surface area contributed by atoms with Crippen molar-refractivity contribution in [1.82, 2.24) is 4.57 Å². The van der Waals surface area contributed by atoms with Gasteiger partial charge in [-0.15, -0.1) is 5.11 Å². The van der Waals surface area contributed by atoms with Gasteiger partial charge in [0.25, 0.3) is 0 Å². The van der Waals surface area contributed by atoms with Crippen molar-refractivity contribution in [3.8, 4) is 28.6 Å². The first-order valence-corrected chi connectivity index (χ1v) is 10.3. The highest BCUT2D eigenvalue weighted by atomic mass is 16.5. The standard InChI is InChI=1S/C24H25N3O5/c1-5-32-24(29)20-21(26-25-16-8-6-14(2)7-9-16)23(28)27-11-10-15-12-18(30-3)19(31-4)13-17(15)22(20)27/h6-9,12-13,28H,5,10-11H2,1-4H3. The van der Waals surface area contributed by atoms with Crippen molar-refractivity contribution in [2.24, 2.45) is 10.2 Å². The summed E-state index contributed by atoms with van der Waals surface area (Å²) in [5, 5.41) is 19.5. The third-order valence-electron chi connectivity index (χ3n) is 5.46. The highest BCUT2D eigenvalue weighted by molar-refractivity contribution is 6.04. The number of fused-ring (bicyclic) bond motifs is 3. The fraction of sp³-hybridized carbons (Fsp3) is 0.292. The lowest BCUT2D eigenvalue weighted by molar-refractivity contribution is 0.0528. The van der Waals surface area contributed by atoms with Crippen molar-refractivity contribution in [2.45, 2.75) is 26.8 Å². The number of nitrogens with zero attached hydrogens (tertiary/aromatic N) is 3. The van der Waals surface area contributed by atoms with E-state index < -0.39 is 5.97 Å². The van der Waals surface area contributed by atoms with E-state index in [1.165, 1.54) is 0 Å². The predicted octanol–water partition coefficient (Wildman–Crippen LogP) is 5.33. The maximum atomic E-state index is 13.0. The monoisotopic (exact) mass is 435 g/mol. The van der Waals surface area contributed by atoms with Gasteiger partial charge in [-0.3, -0.25) is 0 Å². The van der Waals surface area contributed by atoms with Crippen LogP contribution in [-0.2, 0) is 17.7 Å². The van der Waals surface area contributed by atoms with Gasteiger partial charge in [-0.2, -0.15) is 5.11 Å².